The molecule has 0 radical (unpaired) electrons. The van der Waals surface area contributed by atoms with E-state index in [1.54, 1.807) is 0 Å². The maximum absolute atomic E-state index is 11.7. The quantitative estimate of drug-likeness (QED) is 0.489. The standard InChI is InChI=1S/C14H8O9/c1-4(2)13(18)20-3-5(15)21-10-8-6(12(16)17)7-9(22-8)11(10)23-14(7)19/h1,3H2,2H3,(H,16,17). The summed E-state index contributed by atoms with van der Waals surface area (Å²) in [5.74, 6) is -4.60. The molecule has 2 aromatic heterocycles. The zero-order chi connectivity index (χ0) is 16.9. The molecule has 2 aromatic rings. The summed E-state index contributed by atoms with van der Waals surface area (Å²) in [4.78, 5) is 45.7. The van der Waals surface area contributed by atoms with Gasteiger partial charge in [0.15, 0.2) is 17.8 Å². The van der Waals surface area contributed by atoms with Crippen LogP contribution in [0, 0.1) is 0 Å². The Labute approximate surface area is 127 Å². The van der Waals surface area contributed by atoms with Gasteiger partial charge in [-0.1, -0.05) is 6.58 Å². The van der Waals surface area contributed by atoms with Gasteiger partial charge in [0.2, 0.25) is 11.5 Å². The first-order valence-electron chi connectivity index (χ1n) is 6.21. The molecule has 9 nitrogen and oxygen atoms in total. The van der Waals surface area contributed by atoms with Gasteiger partial charge in [0.25, 0.3) is 0 Å². The number of carbonyl (C=O) groups is 4. The fourth-order valence-electron chi connectivity index (χ4n) is 2.08. The van der Waals surface area contributed by atoms with Gasteiger partial charge < -0.3 is 23.7 Å². The molecule has 0 aromatic carbocycles. The summed E-state index contributed by atoms with van der Waals surface area (Å²) in [6.45, 7) is 4.02. The highest BCUT2D eigenvalue weighted by atomic mass is 16.6. The van der Waals surface area contributed by atoms with Crippen LogP contribution in [0.2, 0.25) is 0 Å². The molecule has 9 heteroatoms. The van der Waals surface area contributed by atoms with E-state index in [2.05, 4.69) is 11.3 Å². The smallest absolute Gasteiger partial charge is 0.349 e. The Bertz CT molecular complexity index is 886. The van der Waals surface area contributed by atoms with Crippen molar-refractivity contribution < 1.29 is 42.9 Å². The predicted molar refractivity (Wildman–Crippen MR) is 70.7 cm³/mol. The summed E-state index contributed by atoms with van der Waals surface area (Å²) in [5.41, 5.74) is -0.936. The van der Waals surface area contributed by atoms with Gasteiger partial charge in [-0.2, -0.15) is 0 Å². The maximum Gasteiger partial charge on any atom is 0.349 e. The van der Waals surface area contributed by atoms with Crippen LogP contribution in [0.5, 0.6) is 11.5 Å². The van der Waals surface area contributed by atoms with Crippen LogP contribution in [0.15, 0.2) is 16.6 Å². The van der Waals surface area contributed by atoms with Gasteiger partial charge in [-0.3, -0.25) is 0 Å². The number of carboxylic acid groups (broad SMARTS) is 1. The highest BCUT2D eigenvalue weighted by molar-refractivity contribution is 6.20. The van der Waals surface area contributed by atoms with Crippen molar-refractivity contribution in [3.05, 3.63) is 23.3 Å². The monoisotopic (exact) mass is 320 g/mol. The van der Waals surface area contributed by atoms with E-state index in [-0.39, 0.29) is 33.8 Å². The van der Waals surface area contributed by atoms with Crippen molar-refractivity contribution in [2.75, 3.05) is 6.61 Å². The number of carbonyl (C=O) groups excluding carboxylic acids is 3. The number of hydrogen-bond acceptors (Lipinski definition) is 8. The molecular formula is C14H8O9. The number of esters is 3. The third kappa shape index (κ3) is 2.09. The van der Waals surface area contributed by atoms with E-state index in [1.807, 2.05) is 0 Å². The van der Waals surface area contributed by atoms with E-state index in [1.165, 1.54) is 6.92 Å². The lowest BCUT2D eigenvalue weighted by Crippen LogP contribution is -2.19. The molecule has 0 saturated heterocycles. The lowest BCUT2D eigenvalue weighted by molar-refractivity contribution is -0.150. The minimum atomic E-state index is -1.43. The molecule has 118 valence electrons. The van der Waals surface area contributed by atoms with Gasteiger partial charge in [-0.25, -0.2) is 19.2 Å². The van der Waals surface area contributed by atoms with Gasteiger partial charge >= 0.3 is 23.9 Å². The maximum atomic E-state index is 11.7. The van der Waals surface area contributed by atoms with E-state index in [0.717, 1.165) is 0 Å². The van der Waals surface area contributed by atoms with Crippen LogP contribution in [-0.2, 0) is 14.3 Å². The number of carboxylic acids is 1. The summed E-state index contributed by atoms with van der Waals surface area (Å²) >= 11 is 0. The normalized spacial score (nSPS) is 12.3. The van der Waals surface area contributed by atoms with Crippen molar-refractivity contribution in [1.29, 1.82) is 0 Å². The Morgan fingerprint density at radius 1 is 1.26 bits per heavy atom. The summed E-state index contributed by atoms with van der Waals surface area (Å²) in [5, 5.41) is 9.14. The molecule has 0 aliphatic carbocycles. The van der Waals surface area contributed by atoms with Crippen molar-refractivity contribution in [1.82, 2.24) is 0 Å². The molecule has 2 bridgehead atoms. The zero-order valence-corrected chi connectivity index (χ0v) is 11.6. The molecular weight excluding hydrogens is 312 g/mol. The van der Waals surface area contributed by atoms with Crippen molar-refractivity contribution >= 4 is 35.0 Å². The number of furan rings is 2. The zero-order valence-electron chi connectivity index (χ0n) is 11.6. The summed E-state index contributed by atoms with van der Waals surface area (Å²) in [6, 6.07) is 0. The van der Waals surface area contributed by atoms with E-state index in [4.69, 9.17) is 19.0 Å². The van der Waals surface area contributed by atoms with Crippen molar-refractivity contribution in [2.45, 2.75) is 6.92 Å². The van der Waals surface area contributed by atoms with Gasteiger partial charge in [-0.05, 0) is 6.92 Å². The van der Waals surface area contributed by atoms with Crippen LogP contribution >= 0.6 is 0 Å². The second kappa shape index (κ2) is 4.83. The molecule has 3 heterocycles. The molecule has 0 saturated carbocycles. The van der Waals surface area contributed by atoms with Crippen LogP contribution in [0.3, 0.4) is 0 Å². The first-order chi connectivity index (χ1) is 10.8. The minimum Gasteiger partial charge on any atom is -0.478 e. The van der Waals surface area contributed by atoms with E-state index in [0.29, 0.717) is 0 Å². The third-order valence-corrected chi connectivity index (χ3v) is 3.03. The number of aromatic carboxylic acids is 1. The molecule has 1 aliphatic rings. The van der Waals surface area contributed by atoms with Gasteiger partial charge in [0, 0.05) is 5.57 Å². The van der Waals surface area contributed by atoms with Gasteiger partial charge in [0.05, 0.1) is 0 Å². The largest absolute Gasteiger partial charge is 0.478 e. The lowest BCUT2D eigenvalue weighted by atomic mass is 10.1. The molecule has 1 N–H and O–H groups in total. The molecule has 1 aliphatic heterocycles. The molecule has 3 rings (SSSR count). The van der Waals surface area contributed by atoms with Crippen molar-refractivity contribution in [3.63, 3.8) is 0 Å². The fourth-order valence-corrected chi connectivity index (χ4v) is 2.08. The molecule has 0 amide bonds. The summed E-state index contributed by atoms with van der Waals surface area (Å²) in [7, 11) is 0. The topological polar surface area (TPSA) is 129 Å². The minimum absolute atomic E-state index is 0.0934. The lowest BCUT2D eigenvalue weighted by Gasteiger charge is -2.05. The molecule has 0 fully saturated rings. The van der Waals surface area contributed by atoms with Crippen LogP contribution in [0.4, 0.5) is 0 Å². The number of ether oxygens (including phenoxy) is 3. The van der Waals surface area contributed by atoms with E-state index >= 15 is 0 Å². The van der Waals surface area contributed by atoms with Crippen LogP contribution in [0.1, 0.15) is 27.6 Å². The summed E-state index contributed by atoms with van der Waals surface area (Å²) in [6.07, 6.45) is 0. The predicted octanol–water partition coefficient (Wildman–Crippen LogP) is 1.13. The molecule has 0 spiro atoms. The van der Waals surface area contributed by atoms with Gasteiger partial charge in [-0.15, -0.1) is 0 Å². The average Bonchev–Trinajstić information content (AvgIpc) is 3.07. The van der Waals surface area contributed by atoms with E-state index < -0.39 is 36.0 Å². The Morgan fingerprint density at radius 3 is 2.57 bits per heavy atom. The second-order valence-electron chi connectivity index (χ2n) is 4.69. The Morgan fingerprint density at radius 2 is 1.96 bits per heavy atom. The number of benzene rings is 1. The van der Waals surface area contributed by atoms with Crippen molar-refractivity contribution in [2.24, 2.45) is 0 Å². The SMILES string of the molecule is C=C(C)C(=O)OCC(=O)Oc1c2c3oc1c(C(=O)O)c3C(=O)O2. The Kier molecular flexibility index (Phi) is 3.06. The van der Waals surface area contributed by atoms with Gasteiger partial charge in [0.1, 0.15) is 11.1 Å². The summed E-state index contributed by atoms with van der Waals surface area (Å²) < 4.78 is 19.5. The Balaban J connectivity index is 1.84. The third-order valence-electron chi connectivity index (χ3n) is 3.03. The second-order valence-corrected chi connectivity index (χ2v) is 4.69. The Hall–Kier alpha value is -3.36. The van der Waals surface area contributed by atoms with Crippen LogP contribution < -0.4 is 9.47 Å². The van der Waals surface area contributed by atoms with E-state index in [9.17, 15) is 19.2 Å². The fraction of sp³-hybridized carbons (Fsp3) is 0.143. The molecule has 23 heavy (non-hydrogen) atoms. The highest BCUT2D eigenvalue weighted by Crippen LogP contribution is 2.51. The van der Waals surface area contributed by atoms with Crippen LogP contribution in [0.25, 0.3) is 11.2 Å². The number of rotatable bonds is 5. The highest BCUT2D eigenvalue weighted by Gasteiger charge is 2.43. The van der Waals surface area contributed by atoms with Crippen LogP contribution in [-0.4, -0.2) is 35.6 Å². The first kappa shape index (κ1) is 14.6. The first-order valence-corrected chi connectivity index (χ1v) is 6.21. The van der Waals surface area contributed by atoms with Crippen molar-refractivity contribution in [3.8, 4) is 11.5 Å². The average molecular weight is 320 g/mol. The molecule has 0 atom stereocenters. The number of fused-ring (bicyclic) bond motifs is 1. The molecule has 0 unspecified atom stereocenters. The number of hydrogen-bond donors (Lipinski definition) is 1.